The third-order valence-electron chi connectivity index (χ3n) is 5.02. The van der Waals surface area contributed by atoms with E-state index in [1.807, 2.05) is 48.9 Å². The molecule has 1 aromatic carbocycles. The van der Waals surface area contributed by atoms with Gasteiger partial charge in [-0.3, -0.25) is 4.79 Å². The first-order valence-corrected chi connectivity index (χ1v) is 9.05. The highest BCUT2D eigenvalue weighted by atomic mass is 35.5. The third-order valence-corrected chi connectivity index (χ3v) is 5.02. The average molecular weight is 390 g/mol. The molecular formula is C19H24ClN5O2. The molecule has 2 aromatic heterocycles. The first kappa shape index (κ1) is 19.4. The number of nitrogens with zero attached hydrogens (tertiary/aromatic N) is 3. The molecule has 27 heavy (non-hydrogen) atoms. The van der Waals surface area contributed by atoms with Crippen molar-refractivity contribution in [3.8, 4) is 0 Å². The van der Waals surface area contributed by atoms with Crippen LogP contribution in [0.3, 0.4) is 0 Å². The van der Waals surface area contributed by atoms with Crippen molar-refractivity contribution in [1.82, 2.24) is 25.6 Å². The van der Waals surface area contributed by atoms with Gasteiger partial charge < -0.3 is 15.1 Å². The number of fused-ring (bicyclic) bond motifs is 1. The number of hydrogen-bond acceptors (Lipinski definition) is 5. The predicted octanol–water partition coefficient (Wildman–Crippen LogP) is 3.17. The number of halogens is 1. The highest BCUT2D eigenvalue weighted by Gasteiger charge is 2.24. The summed E-state index contributed by atoms with van der Waals surface area (Å²) in [5.41, 5.74) is 2.01. The van der Waals surface area contributed by atoms with Crippen LogP contribution in [-0.2, 0) is 0 Å². The smallest absolute Gasteiger partial charge is 0.274 e. The molecule has 0 radical (unpaired) electrons. The van der Waals surface area contributed by atoms with Crippen LogP contribution in [-0.4, -0.2) is 34.0 Å². The van der Waals surface area contributed by atoms with Crippen LogP contribution in [0.5, 0.6) is 0 Å². The van der Waals surface area contributed by atoms with E-state index in [4.69, 9.17) is 4.42 Å². The van der Waals surface area contributed by atoms with Crippen LogP contribution < -0.4 is 10.6 Å². The van der Waals surface area contributed by atoms with Crippen molar-refractivity contribution in [3.63, 3.8) is 0 Å². The molecule has 1 aliphatic heterocycles. The molecule has 1 unspecified atom stereocenters. The Balaban J connectivity index is 0.00000210. The summed E-state index contributed by atoms with van der Waals surface area (Å²) in [5, 5.41) is 15.7. The molecule has 4 rings (SSSR count). The Morgan fingerprint density at radius 3 is 2.81 bits per heavy atom. The van der Waals surface area contributed by atoms with Gasteiger partial charge in [0.25, 0.3) is 5.91 Å². The third kappa shape index (κ3) is 3.84. The molecule has 0 saturated carbocycles. The number of carbonyl (C=O) groups is 1. The van der Waals surface area contributed by atoms with E-state index >= 15 is 0 Å². The van der Waals surface area contributed by atoms with Crippen LogP contribution in [0.1, 0.15) is 53.8 Å². The summed E-state index contributed by atoms with van der Waals surface area (Å²) < 4.78 is 7.72. The number of carbonyl (C=O) groups excluding carboxylic acids is 1. The van der Waals surface area contributed by atoms with E-state index in [9.17, 15) is 4.79 Å². The van der Waals surface area contributed by atoms with Crippen LogP contribution in [0.15, 0.2) is 34.7 Å². The molecule has 1 saturated heterocycles. The van der Waals surface area contributed by atoms with Crippen molar-refractivity contribution in [2.75, 3.05) is 13.1 Å². The number of amides is 1. The van der Waals surface area contributed by atoms with Gasteiger partial charge in [-0.15, -0.1) is 17.5 Å². The van der Waals surface area contributed by atoms with E-state index in [0.717, 1.165) is 48.4 Å². The molecule has 3 aromatic rings. The fourth-order valence-electron chi connectivity index (χ4n) is 3.50. The first-order valence-electron chi connectivity index (χ1n) is 9.05. The molecule has 2 N–H and O–H groups in total. The molecule has 0 bridgehead atoms. The zero-order valence-electron chi connectivity index (χ0n) is 15.4. The SMILES string of the molecule is Cc1c(C(=O)NC(C)c2cc3ccccc3o2)nnn1C1CCNCC1.Cl. The second kappa shape index (κ2) is 8.10. The minimum Gasteiger partial charge on any atom is -0.459 e. The number of para-hydroxylation sites is 1. The van der Waals surface area contributed by atoms with Crippen molar-refractivity contribution < 1.29 is 9.21 Å². The summed E-state index contributed by atoms with van der Waals surface area (Å²) in [7, 11) is 0. The Morgan fingerprint density at radius 1 is 1.33 bits per heavy atom. The molecule has 144 valence electrons. The lowest BCUT2D eigenvalue weighted by atomic mass is 10.1. The largest absolute Gasteiger partial charge is 0.459 e. The molecule has 1 fully saturated rings. The number of nitrogens with one attached hydrogen (secondary N) is 2. The zero-order chi connectivity index (χ0) is 18.1. The van der Waals surface area contributed by atoms with Crippen molar-refractivity contribution in [2.45, 2.75) is 38.8 Å². The summed E-state index contributed by atoms with van der Waals surface area (Å²) >= 11 is 0. The highest BCUT2D eigenvalue weighted by molar-refractivity contribution is 5.93. The van der Waals surface area contributed by atoms with Gasteiger partial charge in [0.1, 0.15) is 11.3 Å². The van der Waals surface area contributed by atoms with Crippen LogP contribution in [0.2, 0.25) is 0 Å². The summed E-state index contributed by atoms with van der Waals surface area (Å²) in [6.07, 6.45) is 2.00. The molecule has 1 atom stereocenters. The summed E-state index contributed by atoms with van der Waals surface area (Å²) in [6.45, 7) is 5.74. The fraction of sp³-hybridized carbons (Fsp3) is 0.421. The van der Waals surface area contributed by atoms with E-state index in [1.54, 1.807) is 0 Å². The molecule has 7 nitrogen and oxygen atoms in total. The Kier molecular flexibility index (Phi) is 5.82. The van der Waals surface area contributed by atoms with E-state index in [2.05, 4.69) is 20.9 Å². The van der Waals surface area contributed by atoms with Gasteiger partial charge in [0.05, 0.1) is 17.8 Å². The van der Waals surface area contributed by atoms with E-state index < -0.39 is 0 Å². The lowest BCUT2D eigenvalue weighted by Crippen LogP contribution is -2.30. The van der Waals surface area contributed by atoms with Gasteiger partial charge in [-0.2, -0.15) is 0 Å². The highest BCUT2D eigenvalue weighted by Crippen LogP contribution is 2.24. The van der Waals surface area contributed by atoms with E-state index in [0.29, 0.717) is 11.7 Å². The van der Waals surface area contributed by atoms with Crippen molar-refractivity contribution >= 4 is 29.3 Å². The van der Waals surface area contributed by atoms with Crippen LogP contribution in [0.25, 0.3) is 11.0 Å². The molecule has 0 aliphatic carbocycles. The molecular weight excluding hydrogens is 366 g/mol. The molecule has 1 amide bonds. The summed E-state index contributed by atoms with van der Waals surface area (Å²) in [6, 6.07) is 9.82. The van der Waals surface area contributed by atoms with Crippen LogP contribution in [0.4, 0.5) is 0 Å². The zero-order valence-corrected chi connectivity index (χ0v) is 16.3. The maximum Gasteiger partial charge on any atom is 0.274 e. The Hall–Kier alpha value is -2.38. The van der Waals surface area contributed by atoms with Gasteiger partial charge >= 0.3 is 0 Å². The van der Waals surface area contributed by atoms with Crippen molar-refractivity contribution in [2.24, 2.45) is 0 Å². The first-order chi connectivity index (χ1) is 12.6. The maximum atomic E-state index is 12.7. The lowest BCUT2D eigenvalue weighted by molar-refractivity contribution is 0.0930. The number of aromatic nitrogens is 3. The van der Waals surface area contributed by atoms with Crippen LogP contribution >= 0.6 is 12.4 Å². The second-order valence-corrected chi connectivity index (χ2v) is 6.83. The standard InChI is InChI=1S/C19H23N5O2.ClH/c1-12(17-11-14-5-3-4-6-16(14)26-17)21-19(25)18-13(2)24(23-22-18)15-7-9-20-10-8-15;/h3-6,11-12,15,20H,7-10H2,1-2H3,(H,21,25);1H. The number of rotatable bonds is 4. The van der Waals surface area contributed by atoms with E-state index in [-0.39, 0.29) is 24.4 Å². The lowest BCUT2D eigenvalue weighted by Gasteiger charge is -2.23. The maximum absolute atomic E-state index is 12.7. The van der Waals surface area contributed by atoms with Gasteiger partial charge in [0, 0.05) is 5.39 Å². The quantitative estimate of drug-likeness (QED) is 0.715. The van der Waals surface area contributed by atoms with Gasteiger partial charge in [-0.05, 0) is 51.9 Å². The normalized spacial score (nSPS) is 16.1. The van der Waals surface area contributed by atoms with Gasteiger partial charge in [0.15, 0.2) is 5.69 Å². The monoisotopic (exact) mass is 389 g/mol. The minimum atomic E-state index is -0.252. The molecule has 8 heteroatoms. The Labute approximate surface area is 163 Å². The van der Waals surface area contributed by atoms with Crippen molar-refractivity contribution in [3.05, 3.63) is 47.5 Å². The summed E-state index contributed by atoms with van der Waals surface area (Å²) in [4.78, 5) is 12.7. The second-order valence-electron chi connectivity index (χ2n) is 6.83. The Morgan fingerprint density at radius 2 is 2.07 bits per heavy atom. The fourth-order valence-corrected chi connectivity index (χ4v) is 3.50. The number of piperidine rings is 1. The van der Waals surface area contributed by atoms with Crippen molar-refractivity contribution in [1.29, 1.82) is 0 Å². The predicted molar refractivity (Wildman–Crippen MR) is 105 cm³/mol. The molecule has 1 aliphatic rings. The topological polar surface area (TPSA) is 85.0 Å². The van der Waals surface area contributed by atoms with Gasteiger partial charge in [0.2, 0.25) is 0 Å². The molecule has 0 spiro atoms. The molecule has 3 heterocycles. The number of hydrogen-bond donors (Lipinski definition) is 2. The number of furan rings is 1. The minimum absolute atomic E-state index is 0. The van der Waals surface area contributed by atoms with Crippen LogP contribution in [0, 0.1) is 6.92 Å². The van der Waals surface area contributed by atoms with E-state index in [1.165, 1.54) is 0 Å². The summed E-state index contributed by atoms with van der Waals surface area (Å²) in [5.74, 6) is 0.499. The Bertz CT molecular complexity index is 896. The number of benzene rings is 1. The van der Waals surface area contributed by atoms with Gasteiger partial charge in [-0.25, -0.2) is 4.68 Å². The van der Waals surface area contributed by atoms with Gasteiger partial charge in [-0.1, -0.05) is 23.4 Å². The average Bonchev–Trinajstić information content (AvgIpc) is 3.26.